The number of fused-ring (bicyclic) bond motifs is 2. The molecule has 1 aromatic heterocycles. The molecule has 0 spiro atoms. The van der Waals surface area contributed by atoms with Crippen LogP contribution in [-0.2, 0) is 27.4 Å². The second-order valence-corrected chi connectivity index (χ2v) is 7.19. The molecule has 0 fully saturated rings. The number of likely N-dealkylation sites (N-methyl/N-ethyl adjacent to an activating group) is 1. The van der Waals surface area contributed by atoms with Crippen LogP contribution in [0.5, 0.6) is 5.75 Å². The second-order valence-electron chi connectivity index (χ2n) is 7.19. The van der Waals surface area contributed by atoms with Crippen LogP contribution in [-0.4, -0.2) is 52.5 Å². The molecule has 4 aromatic rings. The fourth-order valence-electron chi connectivity index (χ4n) is 3.32. The SMILES string of the molecule is COc1ccc2cc(CN(C)C(=O)COC(=O)Cn3nnc4ccccc43)ccc2c1. The lowest BCUT2D eigenvalue weighted by molar-refractivity contribution is -0.152. The van der Waals surface area contributed by atoms with Crippen molar-refractivity contribution in [3.05, 3.63) is 66.2 Å². The molecule has 0 aliphatic carbocycles. The Bertz CT molecular complexity index is 1250. The van der Waals surface area contributed by atoms with Crippen molar-refractivity contribution >= 4 is 33.7 Å². The minimum atomic E-state index is -0.544. The predicted octanol–water partition coefficient (Wildman–Crippen LogP) is 2.79. The normalized spacial score (nSPS) is 10.9. The van der Waals surface area contributed by atoms with Crippen LogP contribution in [0.4, 0.5) is 0 Å². The largest absolute Gasteiger partial charge is 0.497 e. The lowest BCUT2D eigenvalue weighted by Crippen LogP contribution is -2.31. The average Bonchev–Trinajstić information content (AvgIpc) is 3.19. The Kier molecular flexibility index (Phi) is 5.79. The minimum absolute atomic E-state index is 0.106. The summed E-state index contributed by atoms with van der Waals surface area (Å²) in [5.41, 5.74) is 2.41. The van der Waals surface area contributed by atoms with E-state index in [-0.39, 0.29) is 19.1 Å². The van der Waals surface area contributed by atoms with E-state index in [1.165, 1.54) is 9.58 Å². The maximum absolute atomic E-state index is 12.4. The highest BCUT2D eigenvalue weighted by atomic mass is 16.5. The van der Waals surface area contributed by atoms with Gasteiger partial charge in [0.05, 0.1) is 12.6 Å². The number of amides is 1. The first-order valence-corrected chi connectivity index (χ1v) is 9.78. The van der Waals surface area contributed by atoms with Crippen molar-refractivity contribution in [2.45, 2.75) is 13.1 Å². The van der Waals surface area contributed by atoms with Crippen LogP contribution in [0.3, 0.4) is 0 Å². The van der Waals surface area contributed by atoms with Crippen molar-refractivity contribution in [1.29, 1.82) is 0 Å². The smallest absolute Gasteiger partial charge is 0.328 e. The summed E-state index contributed by atoms with van der Waals surface area (Å²) in [6.07, 6.45) is 0. The molecular weight excluding hydrogens is 396 g/mol. The van der Waals surface area contributed by atoms with E-state index in [1.54, 1.807) is 14.2 Å². The van der Waals surface area contributed by atoms with Gasteiger partial charge in [-0.25, -0.2) is 4.68 Å². The van der Waals surface area contributed by atoms with Crippen LogP contribution in [0.25, 0.3) is 21.8 Å². The van der Waals surface area contributed by atoms with E-state index in [1.807, 2.05) is 60.7 Å². The van der Waals surface area contributed by atoms with E-state index in [0.717, 1.165) is 27.6 Å². The lowest BCUT2D eigenvalue weighted by atomic mass is 10.1. The Morgan fingerprint density at radius 2 is 1.81 bits per heavy atom. The summed E-state index contributed by atoms with van der Waals surface area (Å²) in [6, 6.07) is 19.2. The molecule has 8 nitrogen and oxygen atoms in total. The highest BCUT2D eigenvalue weighted by molar-refractivity contribution is 5.85. The number of hydrogen-bond acceptors (Lipinski definition) is 6. The maximum Gasteiger partial charge on any atom is 0.328 e. The van der Waals surface area contributed by atoms with Crippen LogP contribution in [0.15, 0.2) is 60.7 Å². The molecule has 0 N–H and O–H groups in total. The number of rotatable bonds is 7. The third-order valence-electron chi connectivity index (χ3n) is 5.01. The monoisotopic (exact) mass is 418 g/mol. The Morgan fingerprint density at radius 3 is 2.65 bits per heavy atom. The van der Waals surface area contributed by atoms with Gasteiger partial charge in [0.15, 0.2) is 6.61 Å². The zero-order chi connectivity index (χ0) is 21.8. The Balaban J connectivity index is 1.32. The molecule has 4 rings (SSSR count). The third kappa shape index (κ3) is 4.63. The fourth-order valence-corrected chi connectivity index (χ4v) is 3.32. The van der Waals surface area contributed by atoms with Gasteiger partial charge in [-0.1, -0.05) is 35.5 Å². The van der Waals surface area contributed by atoms with Crippen molar-refractivity contribution in [3.8, 4) is 5.75 Å². The summed E-state index contributed by atoms with van der Waals surface area (Å²) in [5.74, 6) is -0.0306. The molecule has 0 atom stereocenters. The summed E-state index contributed by atoms with van der Waals surface area (Å²) in [4.78, 5) is 26.1. The molecule has 1 heterocycles. The second kappa shape index (κ2) is 8.83. The summed E-state index contributed by atoms with van der Waals surface area (Å²) in [7, 11) is 3.32. The zero-order valence-electron chi connectivity index (χ0n) is 17.3. The number of benzene rings is 3. The van der Waals surface area contributed by atoms with Crippen molar-refractivity contribution in [1.82, 2.24) is 19.9 Å². The number of ether oxygens (including phenoxy) is 2. The van der Waals surface area contributed by atoms with Crippen molar-refractivity contribution in [2.24, 2.45) is 0 Å². The predicted molar refractivity (Wildman–Crippen MR) is 115 cm³/mol. The number of nitrogens with zero attached hydrogens (tertiary/aromatic N) is 4. The Labute approximate surface area is 179 Å². The molecule has 0 bridgehead atoms. The molecule has 0 saturated carbocycles. The van der Waals surface area contributed by atoms with E-state index >= 15 is 0 Å². The summed E-state index contributed by atoms with van der Waals surface area (Å²) in [6.45, 7) is -0.0234. The first-order valence-electron chi connectivity index (χ1n) is 9.78. The third-order valence-corrected chi connectivity index (χ3v) is 5.01. The molecule has 0 unspecified atom stereocenters. The molecule has 0 radical (unpaired) electrons. The van der Waals surface area contributed by atoms with Gasteiger partial charge in [-0.15, -0.1) is 5.10 Å². The van der Waals surface area contributed by atoms with E-state index in [4.69, 9.17) is 9.47 Å². The van der Waals surface area contributed by atoms with Gasteiger partial charge in [0, 0.05) is 13.6 Å². The van der Waals surface area contributed by atoms with Gasteiger partial charge in [-0.2, -0.15) is 0 Å². The topological polar surface area (TPSA) is 86.5 Å². The number of hydrogen-bond donors (Lipinski definition) is 0. The van der Waals surface area contributed by atoms with Crippen molar-refractivity contribution in [3.63, 3.8) is 0 Å². The van der Waals surface area contributed by atoms with Crippen LogP contribution < -0.4 is 4.74 Å². The highest BCUT2D eigenvalue weighted by Crippen LogP contribution is 2.22. The standard InChI is InChI=1S/C23H22N4O4/c1-26(13-16-7-8-18-12-19(30-2)10-9-17(18)11-16)22(28)15-31-23(29)14-27-21-6-4-3-5-20(21)24-25-27/h3-12H,13-15H2,1-2H3. The Hall–Kier alpha value is -3.94. The van der Waals surface area contributed by atoms with Crippen LogP contribution in [0.2, 0.25) is 0 Å². The first kappa shape index (κ1) is 20.3. The molecule has 0 aliphatic rings. The number of para-hydroxylation sites is 1. The quantitative estimate of drug-likeness (QED) is 0.429. The van der Waals surface area contributed by atoms with Gasteiger partial charge >= 0.3 is 5.97 Å². The number of aromatic nitrogens is 3. The van der Waals surface area contributed by atoms with Gasteiger partial charge in [0.2, 0.25) is 0 Å². The van der Waals surface area contributed by atoms with Gasteiger partial charge in [-0.05, 0) is 46.7 Å². The lowest BCUT2D eigenvalue weighted by Gasteiger charge is -2.17. The molecule has 3 aromatic carbocycles. The van der Waals surface area contributed by atoms with Crippen LogP contribution in [0.1, 0.15) is 5.56 Å². The summed E-state index contributed by atoms with van der Waals surface area (Å²) in [5, 5.41) is 10.1. The first-order chi connectivity index (χ1) is 15.0. The Morgan fingerprint density at radius 1 is 1.03 bits per heavy atom. The number of methoxy groups -OCH3 is 1. The molecular formula is C23H22N4O4. The van der Waals surface area contributed by atoms with Crippen LogP contribution >= 0.6 is 0 Å². The maximum atomic E-state index is 12.4. The van der Waals surface area contributed by atoms with Crippen molar-refractivity contribution in [2.75, 3.05) is 20.8 Å². The minimum Gasteiger partial charge on any atom is -0.497 e. The highest BCUT2D eigenvalue weighted by Gasteiger charge is 2.15. The number of carbonyl (C=O) groups excluding carboxylic acids is 2. The van der Waals surface area contributed by atoms with E-state index in [9.17, 15) is 9.59 Å². The summed E-state index contributed by atoms with van der Waals surface area (Å²) < 4.78 is 11.8. The van der Waals surface area contributed by atoms with E-state index in [0.29, 0.717) is 12.1 Å². The summed E-state index contributed by atoms with van der Waals surface area (Å²) >= 11 is 0. The molecule has 0 saturated heterocycles. The average molecular weight is 418 g/mol. The fraction of sp³-hybridized carbons (Fsp3) is 0.217. The molecule has 1 amide bonds. The number of esters is 1. The number of carbonyl (C=O) groups is 2. The molecule has 158 valence electrons. The van der Waals surface area contributed by atoms with Gasteiger partial charge < -0.3 is 14.4 Å². The van der Waals surface area contributed by atoms with E-state index < -0.39 is 5.97 Å². The molecule has 8 heteroatoms. The van der Waals surface area contributed by atoms with E-state index in [2.05, 4.69) is 10.3 Å². The van der Waals surface area contributed by atoms with Gasteiger partial charge in [-0.3, -0.25) is 9.59 Å². The molecule has 0 aliphatic heterocycles. The van der Waals surface area contributed by atoms with Gasteiger partial charge in [0.25, 0.3) is 5.91 Å². The molecule has 31 heavy (non-hydrogen) atoms. The zero-order valence-corrected chi connectivity index (χ0v) is 17.3. The van der Waals surface area contributed by atoms with Crippen molar-refractivity contribution < 1.29 is 19.1 Å². The van der Waals surface area contributed by atoms with Crippen LogP contribution in [0, 0.1) is 0 Å². The van der Waals surface area contributed by atoms with Gasteiger partial charge in [0.1, 0.15) is 17.8 Å².